The number of carboxylic acids is 1. The Bertz CT molecular complexity index is 437. The summed E-state index contributed by atoms with van der Waals surface area (Å²) in [6.45, 7) is 4.19. The van der Waals surface area contributed by atoms with Gasteiger partial charge in [0.1, 0.15) is 0 Å². The van der Waals surface area contributed by atoms with Crippen LogP contribution < -0.4 is 0 Å². The Hall–Kier alpha value is -1.34. The maximum absolute atomic E-state index is 11.0. The summed E-state index contributed by atoms with van der Waals surface area (Å²) in [5.74, 6) is -1.39. The second-order valence-corrected chi connectivity index (χ2v) is 6.07. The van der Waals surface area contributed by atoms with Crippen LogP contribution in [0.1, 0.15) is 33.1 Å². The molecule has 0 aromatic carbocycles. The lowest BCUT2D eigenvalue weighted by Gasteiger charge is -2.45. The van der Waals surface area contributed by atoms with Crippen LogP contribution >= 0.6 is 0 Å². The third-order valence-corrected chi connectivity index (χ3v) is 5.13. The van der Waals surface area contributed by atoms with Gasteiger partial charge in [-0.15, -0.1) is 0 Å². The van der Waals surface area contributed by atoms with E-state index in [-0.39, 0.29) is 11.8 Å². The van der Waals surface area contributed by atoms with E-state index in [1.165, 1.54) is 5.57 Å². The molecule has 0 aromatic heterocycles. The molecule has 0 spiro atoms. The summed E-state index contributed by atoms with van der Waals surface area (Å²) >= 11 is 0. The Balaban J connectivity index is 2.19. The summed E-state index contributed by atoms with van der Waals surface area (Å²) in [5.41, 5.74) is 1.35. The van der Waals surface area contributed by atoms with Crippen molar-refractivity contribution in [3.8, 4) is 6.07 Å². The van der Waals surface area contributed by atoms with Gasteiger partial charge in [0.25, 0.3) is 0 Å². The fourth-order valence-electron chi connectivity index (χ4n) is 3.73. The van der Waals surface area contributed by atoms with Crippen LogP contribution in [0.5, 0.6) is 0 Å². The van der Waals surface area contributed by atoms with E-state index in [9.17, 15) is 9.90 Å². The Morgan fingerprint density at radius 1 is 1.53 bits per heavy atom. The zero-order chi connectivity index (χ0) is 14.2. The first kappa shape index (κ1) is 14.1. The molecule has 0 amide bonds. The lowest BCUT2D eigenvalue weighted by molar-refractivity contribution is -0.145. The number of allylic oxidation sites excluding steroid dienone is 2. The zero-order valence-corrected chi connectivity index (χ0v) is 11.4. The summed E-state index contributed by atoms with van der Waals surface area (Å²) in [4.78, 5) is 11.0. The predicted octanol–water partition coefficient (Wildman–Crippen LogP) is 2.20. The molecule has 4 heteroatoms. The molecule has 2 rings (SSSR count). The van der Waals surface area contributed by atoms with Crippen LogP contribution in [-0.4, -0.2) is 22.3 Å². The van der Waals surface area contributed by atoms with Gasteiger partial charge in [0.2, 0.25) is 0 Å². The number of aliphatic carboxylic acids is 1. The molecule has 0 aromatic rings. The van der Waals surface area contributed by atoms with Crippen molar-refractivity contribution in [3.05, 3.63) is 11.6 Å². The van der Waals surface area contributed by atoms with Gasteiger partial charge in [0.15, 0.2) is 5.92 Å². The molecule has 1 saturated carbocycles. The minimum Gasteiger partial charge on any atom is -0.480 e. The van der Waals surface area contributed by atoms with Crippen LogP contribution in [0.25, 0.3) is 0 Å². The lowest BCUT2D eigenvalue weighted by Crippen LogP contribution is -2.44. The SMILES string of the molecule is CC1=CC[C@H]2CC1CC(C(O)C(C#N)C(=O)O)C2C. The second kappa shape index (κ2) is 5.34. The van der Waals surface area contributed by atoms with Gasteiger partial charge in [-0.05, 0) is 49.9 Å². The third-order valence-electron chi connectivity index (χ3n) is 5.13. The van der Waals surface area contributed by atoms with Gasteiger partial charge in [-0.25, -0.2) is 0 Å². The first-order valence-electron chi connectivity index (χ1n) is 6.92. The average Bonchev–Trinajstić information content (AvgIpc) is 2.37. The Kier molecular flexibility index (Phi) is 3.96. The summed E-state index contributed by atoms with van der Waals surface area (Å²) in [5, 5.41) is 28.3. The van der Waals surface area contributed by atoms with E-state index in [1.54, 1.807) is 6.07 Å². The zero-order valence-electron chi connectivity index (χ0n) is 11.4. The first-order chi connectivity index (χ1) is 8.95. The number of rotatable bonds is 3. The number of hydrogen-bond donors (Lipinski definition) is 2. The molecule has 0 radical (unpaired) electrons. The first-order valence-corrected chi connectivity index (χ1v) is 6.92. The molecular formula is C15H21NO3. The van der Waals surface area contributed by atoms with Gasteiger partial charge < -0.3 is 10.2 Å². The highest BCUT2D eigenvalue weighted by molar-refractivity contribution is 5.73. The predicted molar refractivity (Wildman–Crippen MR) is 70.0 cm³/mol. The molecule has 2 aliphatic rings. The summed E-state index contributed by atoms with van der Waals surface area (Å²) in [6.07, 6.45) is 4.16. The molecule has 0 saturated heterocycles. The number of hydrogen-bond acceptors (Lipinski definition) is 3. The van der Waals surface area contributed by atoms with Crippen LogP contribution in [0.15, 0.2) is 11.6 Å². The molecule has 2 N–H and O–H groups in total. The smallest absolute Gasteiger partial charge is 0.323 e. The van der Waals surface area contributed by atoms with Crippen LogP contribution in [0.3, 0.4) is 0 Å². The van der Waals surface area contributed by atoms with Gasteiger partial charge in [0.05, 0.1) is 12.2 Å². The quantitative estimate of drug-likeness (QED) is 0.765. The molecule has 6 atom stereocenters. The van der Waals surface area contributed by atoms with Crippen molar-refractivity contribution in [2.75, 3.05) is 0 Å². The number of aliphatic hydroxyl groups excluding tert-OH is 1. The van der Waals surface area contributed by atoms with E-state index in [0.29, 0.717) is 11.8 Å². The minimum absolute atomic E-state index is 0.0897. The molecule has 19 heavy (non-hydrogen) atoms. The number of fused-ring (bicyclic) bond motifs is 2. The van der Waals surface area contributed by atoms with Crippen molar-refractivity contribution in [3.63, 3.8) is 0 Å². The van der Waals surface area contributed by atoms with Crippen molar-refractivity contribution in [2.24, 2.45) is 29.6 Å². The molecule has 104 valence electrons. The Labute approximate surface area is 113 Å². The van der Waals surface area contributed by atoms with E-state index in [4.69, 9.17) is 10.4 Å². The van der Waals surface area contributed by atoms with E-state index < -0.39 is 18.0 Å². The fourth-order valence-corrected chi connectivity index (χ4v) is 3.73. The van der Waals surface area contributed by atoms with Gasteiger partial charge >= 0.3 is 5.97 Å². The number of nitriles is 1. The average molecular weight is 263 g/mol. The van der Waals surface area contributed by atoms with Crippen molar-refractivity contribution < 1.29 is 15.0 Å². The molecule has 5 unspecified atom stereocenters. The number of carbonyl (C=O) groups is 1. The van der Waals surface area contributed by atoms with Crippen LogP contribution in [0.2, 0.25) is 0 Å². The van der Waals surface area contributed by atoms with Crippen molar-refractivity contribution >= 4 is 5.97 Å². The monoisotopic (exact) mass is 263 g/mol. The van der Waals surface area contributed by atoms with E-state index in [1.807, 2.05) is 0 Å². The van der Waals surface area contributed by atoms with E-state index >= 15 is 0 Å². The summed E-state index contributed by atoms with van der Waals surface area (Å²) < 4.78 is 0. The fraction of sp³-hybridized carbons (Fsp3) is 0.733. The number of aliphatic hydroxyl groups is 1. The number of carboxylic acid groups (broad SMARTS) is 1. The Morgan fingerprint density at radius 2 is 2.21 bits per heavy atom. The maximum Gasteiger partial charge on any atom is 0.323 e. The van der Waals surface area contributed by atoms with E-state index in [2.05, 4.69) is 19.9 Å². The van der Waals surface area contributed by atoms with E-state index in [0.717, 1.165) is 19.3 Å². The van der Waals surface area contributed by atoms with Gasteiger partial charge in [0, 0.05) is 0 Å². The highest BCUT2D eigenvalue weighted by Crippen LogP contribution is 2.47. The normalized spacial score (nSPS) is 36.8. The highest BCUT2D eigenvalue weighted by Gasteiger charge is 2.44. The van der Waals surface area contributed by atoms with Gasteiger partial charge in [-0.2, -0.15) is 5.26 Å². The minimum atomic E-state index is -1.31. The largest absolute Gasteiger partial charge is 0.480 e. The summed E-state index contributed by atoms with van der Waals surface area (Å²) in [6, 6.07) is 1.73. The molecule has 2 aliphatic carbocycles. The van der Waals surface area contributed by atoms with Crippen molar-refractivity contribution in [1.82, 2.24) is 0 Å². The molecule has 2 bridgehead atoms. The second-order valence-electron chi connectivity index (χ2n) is 6.07. The lowest BCUT2D eigenvalue weighted by atomic mass is 9.60. The molecule has 1 fully saturated rings. The topological polar surface area (TPSA) is 81.3 Å². The van der Waals surface area contributed by atoms with Crippen LogP contribution in [0.4, 0.5) is 0 Å². The number of nitrogens with zero attached hydrogens (tertiary/aromatic N) is 1. The standard InChI is InChI=1S/C15H21NO3/c1-8-3-4-10-5-11(8)6-12(9(10)2)14(17)13(7-16)15(18)19/h3,9-14,17H,4-6H2,1-2H3,(H,18,19)/t9?,10-,11?,12?,13?,14?/m0/s1. The Morgan fingerprint density at radius 3 is 2.79 bits per heavy atom. The van der Waals surface area contributed by atoms with Crippen molar-refractivity contribution in [2.45, 2.75) is 39.2 Å². The van der Waals surface area contributed by atoms with Crippen LogP contribution in [-0.2, 0) is 4.79 Å². The molecule has 4 nitrogen and oxygen atoms in total. The maximum atomic E-state index is 11.0. The van der Waals surface area contributed by atoms with Gasteiger partial charge in [-0.1, -0.05) is 18.6 Å². The van der Waals surface area contributed by atoms with Crippen LogP contribution in [0, 0.1) is 40.9 Å². The molecule has 0 heterocycles. The van der Waals surface area contributed by atoms with Crippen molar-refractivity contribution in [1.29, 1.82) is 5.26 Å². The van der Waals surface area contributed by atoms with Gasteiger partial charge in [-0.3, -0.25) is 4.79 Å². The summed E-state index contributed by atoms with van der Waals surface area (Å²) in [7, 11) is 0. The molecular weight excluding hydrogens is 242 g/mol. The third kappa shape index (κ3) is 2.52. The molecule has 0 aliphatic heterocycles. The highest BCUT2D eigenvalue weighted by atomic mass is 16.4.